The Kier molecular flexibility index (Phi) is 9.65. The summed E-state index contributed by atoms with van der Waals surface area (Å²) in [7, 11) is 1.81. The number of nitrogens with zero attached hydrogens (tertiary/aromatic N) is 3. The van der Waals surface area contributed by atoms with E-state index in [0.717, 1.165) is 58.3 Å². The van der Waals surface area contributed by atoms with Crippen molar-refractivity contribution in [2.24, 2.45) is 10.4 Å². The number of halogens is 1. The molecule has 1 N–H and O–H groups in total. The van der Waals surface area contributed by atoms with Gasteiger partial charge in [-0.3, -0.25) is 4.99 Å². The van der Waals surface area contributed by atoms with Gasteiger partial charge in [0.2, 0.25) is 0 Å². The maximum Gasteiger partial charge on any atom is 0.194 e. The fourth-order valence-corrected chi connectivity index (χ4v) is 4.97. The molecule has 3 rings (SSSR count). The summed E-state index contributed by atoms with van der Waals surface area (Å²) in [6.45, 7) is 9.08. The minimum absolute atomic E-state index is 0. The molecule has 1 aliphatic heterocycles. The number of piperazine rings is 1. The van der Waals surface area contributed by atoms with Crippen LogP contribution >= 0.6 is 35.3 Å². The Hall–Kier alpha value is -0.540. The Morgan fingerprint density at radius 1 is 1.26 bits per heavy atom. The van der Waals surface area contributed by atoms with Gasteiger partial charge < -0.3 is 19.9 Å². The summed E-state index contributed by atoms with van der Waals surface area (Å²) < 4.78 is 5.37. The van der Waals surface area contributed by atoms with E-state index in [4.69, 9.17) is 9.73 Å². The molecule has 1 saturated carbocycles. The zero-order valence-electron chi connectivity index (χ0n) is 16.8. The van der Waals surface area contributed by atoms with Crippen LogP contribution in [-0.2, 0) is 4.74 Å². The summed E-state index contributed by atoms with van der Waals surface area (Å²) in [5.74, 6) is 1.10. The minimum atomic E-state index is 0. The molecule has 1 aromatic heterocycles. The second-order valence-electron chi connectivity index (χ2n) is 7.55. The van der Waals surface area contributed by atoms with Gasteiger partial charge in [0.15, 0.2) is 5.96 Å². The minimum Gasteiger partial charge on any atom is -0.385 e. The molecule has 27 heavy (non-hydrogen) atoms. The average molecular weight is 506 g/mol. The number of hydrogen-bond donors (Lipinski definition) is 1. The molecule has 154 valence electrons. The first kappa shape index (κ1) is 22.7. The van der Waals surface area contributed by atoms with Crippen molar-refractivity contribution in [3.8, 4) is 0 Å². The van der Waals surface area contributed by atoms with Crippen LogP contribution in [0.25, 0.3) is 0 Å². The number of aliphatic imine (C=N–C) groups is 1. The second kappa shape index (κ2) is 11.5. The van der Waals surface area contributed by atoms with Gasteiger partial charge in [-0.1, -0.05) is 12.8 Å². The lowest BCUT2D eigenvalue weighted by molar-refractivity contribution is 0.141. The van der Waals surface area contributed by atoms with Crippen molar-refractivity contribution in [3.05, 3.63) is 17.5 Å². The van der Waals surface area contributed by atoms with Crippen LogP contribution in [0.3, 0.4) is 0 Å². The number of methoxy groups -OCH3 is 1. The van der Waals surface area contributed by atoms with Crippen molar-refractivity contribution in [1.82, 2.24) is 10.2 Å². The highest BCUT2D eigenvalue weighted by Crippen LogP contribution is 2.41. The lowest BCUT2D eigenvalue weighted by Gasteiger charge is -2.37. The van der Waals surface area contributed by atoms with Crippen LogP contribution in [0.15, 0.2) is 22.5 Å². The third kappa shape index (κ3) is 6.22. The predicted molar refractivity (Wildman–Crippen MR) is 127 cm³/mol. The van der Waals surface area contributed by atoms with Gasteiger partial charge in [0, 0.05) is 53.0 Å². The molecule has 7 heteroatoms. The third-order valence-corrected chi connectivity index (χ3v) is 6.73. The molecule has 2 aliphatic rings. The van der Waals surface area contributed by atoms with E-state index in [1.165, 1.54) is 30.7 Å². The van der Waals surface area contributed by atoms with Gasteiger partial charge in [0.25, 0.3) is 0 Å². The lowest BCUT2D eigenvalue weighted by atomic mass is 9.83. The first-order valence-corrected chi connectivity index (χ1v) is 10.9. The van der Waals surface area contributed by atoms with Crippen LogP contribution in [0.1, 0.15) is 39.0 Å². The summed E-state index contributed by atoms with van der Waals surface area (Å²) >= 11 is 1.83. The molecule has 1 aliphatic carbocycles. The number of hydrogen-bond acceptors (Lipinski definition) is 4. The van der Waals surface area contributed by atoms with E-state index in [-0.39, 0.29) is 24.0 Å². The van der Waals surface area contributed by atoms with Crippen LogP contribution in [0.2, 0.25) is 0 Å². The summed E-state index contributed by atoms with van der Waals surface area (Å²) in [5, 5.41) is 7.07. The van der Waals surface area contributed by atoms with Crippen LogP contribution in [0, 0.1) is 5.41 Å². The summed E-state index contributed by atoms with van der Waals surface area (Å²) in [4.78, 5) is 10.0. The van der Waals surface area contributed by atoms with E-state index in [1.54, 1.807) is 0 Å². The van der Waals surface area contributed by atoms with Crippen LogP contribution < -0.4 is 10.2 Å². The average Bonchev–Trinajstić information content (AvgIpc) is 3.36. The van der Waals surface area contributed by atoms with Gasteiger partial charge in [-0.05, 0) is 49.1 Å². The molecule has 2 fully saturated rings. The van der Waals surface area contributed by atoms with Crippen molar-refractivity contribution in [3.63, 3.8) is 0 Å². The monoisotopic (exact) mass is 506 g/mol. The molecule has 0 amide bonds. The number of guanidine groups is 1. The molecule has 1 saturated heterocycles. The van der Waals surface area contributed by atoms with Crippen molar-refractivity contribution in [2.75, 3.05) is 57.9 Å². The van der Waals surface area contributed by atoms with Gasteiger partial charge in [0.05, 0.1) is 5.00 Å². The van der Waals surface area contributed by atoms with Gasteiger partial charge >= 0.3 is 0 Å². The first-order valence-electron chi connectivity index (χ1n) is 10.1. The number of thiophene rings is 1. The van der Waals surface area contributed by atoms with Gasteiger partial charge in [0.1, 0.15) is 0 Å². The summed E-state index contributed by atoms with van der Waals surface area (Å²) in [6.07, 6.45) is 6.42. The summed E-state index contributed by atoms with van der Waals surface area (Å²) in [6, 6.07) is 4.36. The molecule has 2 heterocycles. The molecular weight excluding hydrogens is 471 g/mol. The molecular formula is C20H35IN4OS. The van der Waals surface area contributed by atoms with E-state index in [0.29, 0.717) is 5.41 Å². The van der Waals surface area contributed by atoms with E-state index in [9.17, 15) is 0 Å². The molecule has 1 aromatic rings. The highest BCUT2D eigenvalue weighted by atomic mass is 127. The third-order valence-electron chi connectivity index (χ3n) is 5.80. The van der Waals surface area contributed by atoms with Crippen LogP contribution in [0.4, 0.5) is 5.00 Å². The van der Waals surface area contributed by atoms with Crippen molar-refractivity contribution in [2.45, 2.75) is 39.0 Å². The Morgan fingerprint density at radius 3 is 2.59 bits per heavy atom. The normalized spacial score (nSPS) is 19.9. The zero-order valence-corrected chi connectivity index (χ0v) is 19.9. The van der Waals surface area contributed by atoms with E-state index in [2.05, 4.69) is 39.6 Å². The maximum atomic E-state index is 5.37. The number of rotatable bonds is 7. The Bertz CT molecular complexity index is 552. The number of ether oxygens (including phenoxy) is 1. The lowest BCUT2D eigenvalue weighted by Crippen LogP contribution is -2.52. The fourth-order valence-electron chi connectivity index (χ4n) is 4.19. The molecule has 0 atom stereocenters. The number of anilines is 1. The van der Waals surface area contributed by atoms with Crippen molar-refractivity contribution < 1.29 is 4.74 Å². The highest BCUT2D eigenvalue weighted by Gasteiger charge is 2.33. The van der Waals surface area contributed by atoms with Crippen LogP contribution in [0.5, 0.6) is 0 Å². The van der Waals surface area contributed by atoms with Gasteiger partial charge in [-0.15, -0.1) is 35.3 Å². The first-order chi connectivity index (χ1) is 12.8. The Balaban J connectivity index is 0.00000261. The number of nitrogens with one attached hydrogen (secondary N) is 1. The SMILES string of the molecule is CCNC(=NCC1(CCOC)CCCC1)N1CCN(c2cccs2)CC1.I. The largest absolute Gasteiger partial charge is 0.385 e. The van der Waals surface area contributed by atoms with Crippen LogP contribution in [-0.4, -0.2) is 63.8 Å². The van der Waals surface area contributed by atoms with E-state index >= 15 is 0 Å². The molecule has 0 radical (unpaired) electrons. The Morgan fingerprint density at radius 2 is 2.00 bits per heavy atom. The highest BCUT2D eigenvalue weighted by molar-refractivity contribution is 14.0. The molecule has 0 unspecified atom stereocenters. The molecule has 0 aromatic carbocycles. The smallest absolute Gasteiger partial charge is 0.194 e. The zero-order chi connectivity index (χ0) is 18.2. The standard InChI is InChI=1S/C20H34N4OS.HI/c1-3-21-19(22-17-20(10-15-25-2)8-4-5-9-20)24-13-11-23(12-14-24)18-7-6-16-26-18;/h6-7,16H,3-5,8-15,17H2,1-2H3,(H,21,22);1H. The predicted octanol–water partition coefficient (Wildman–Crippen LogP) is 4.05. The maximum absolute atomic E-state index is 5.37. The van der Waals surface area contributed by atoms with Gasteiger partial charge in [-0.25, -0.2) is 0 Å². The van der Waals surface area contributed by atoms with E-state index < -0.39 is 0 Å². The quantitative estimate of drug-likeness (QED) is 0.344. The van der Waals surface area contributed by atoms with E-state index in [1.807, 2.05) is 18.4 Å². The topological polar surface area (TPSA) is 40.1 Å². The molecule has 0 spiro atoms. The fraction of sp³-hybridized carbons (Fsp3) is 0.750. The second-order valence-corrected chi connectivity index (χ2v) is 8.47. The molecule has 0 bridgehead atoms. The summed E-state index contributed by atoms with van der Waals surface area (Å²) in [5.41, 5.74) is 0.357. The molecule has 5 nitrogen and oxygen atoms in total. The van der Waals surface area contributed by atoms with Crippen molar-refractivity contribution >= 4 is 46.3 Å². The van der Waals surface area contributed by atoms with Crippen molar-refractivity contribution in [1.29, 1.82) is 0 Å². The van der Waals surface area contributed by atoms with Gasteiger partial charge in [-0.2, -0.15) is 0 Å². The Labute approximate surface area is 185 Å².